The second-order valence-corrected chi connectivity index (χ2v) is 33.3. The molecule has 19 heteroatoms. The van der Waals surface area contributed by atoms with Gasteiger partial charge in [0.2, 0.25) is 0 Å². The van der Waals surface area contributed by atoms with Gasteiger partial charge in [0.05, 0.1) is 26.4 Å². The standard InChI is InChI=1S/C81H158O17P2/c1-8-10-11-12-13-14-15-16-17-18-21-24-30-35-40-48-55-62-78(83)91-68-76(97-80(85)64-57-50-41-36-31-25-22-19-20-23-28-33-38-45-52-59-72(3)4)70-95-99(87,88)93-66-75(82)67-94-100(89,90)96-71-77(69-92-79(84)63-56-49-44-43-47-54-61-74(7)9-2)98-81(86)65-58-51-42-37-32-27-26-29-34-39-46-53-60-73(5)6/h72-77,82H,8-71H2,1-7H3,(H,87,88)(H,89,90)/t74?,75-,76-,77-/m1/s1. The van der Waals surface area contributed by atoms with Crippen molar-refractivity contribution in [1.29, 1.82) is 0 Å². The fourth-order valence-electron chi connectivity index (χ4n) is 12.5. The van der Waals surface area contributed by atoms with Crippen molar-refractivity contribution in [3.8, 4) is 0 Å². The minimum absolute atomic E-state index is 0.106. The van der Waals surface area contributed by atoms with Gasteiger partial charge in [-0.2, -0.15) is 0 Å². The minimum atomic E-state index is -4.96. The molecule has 0 aromatic heterocycles. The van der Waals surface area contributed by atoms with Gasteiger partial charge in [0.1, 0.15) is 19.3 Å². The van der Waals surface area contributed by atoms with Crippen LogP contribution in [-0.4, -0.2) is 96.7 Å². The van der Waals surface area contributed by atoms with Crippen molar-refractivity contribution >= 4 is 39.5 Å². The Labute approximate surface area is 613 Å². The summed E-state index contributed by atoms with van der Waals surface area (Å²) in [6, 6.07) is 0. The van der Waals surface area contributed by atoms with Crippen molar-refractivity contribution < 1.29 is 80.2 Å². The number of ether oxygens (including phenoxy) is 4. The largest absolute Gasteiger partial charge is 0.472 e. The Morgan fingerprint density at radius 1 is 0.290 bits per heavy atom. The Hall–Kier alpha value is -1.94. The molecule has 0 aliphatic heterocycles. The molecule has 0 spiro atoms. The molecule has 0 amide bonds. The molecular weight excluding hydrogens is 1310 g/mol. The molecule has 0 saturated heterocycles. The SMILES string of the molecule is CCCCCCCCCCCCCCCCCCCC(=O)OC[C@H](COP(=O)(O)OC[C@@H](O)COP(=O)(O)OC[C@@H](COC(=O)CCCCCCCCC(C)CC)OC(=O)CCCCCCCCCCCCCCC(C)C)OC(=O)CCCCCCCCCCCCCCCCCC(C)C. The zero-order valence-corrected chi connectivity index (χ0v) is 67.5. The van der Waals surface area contributed by atoms with E-state index in [9.17, 15) is 43.2 Å². The molecule has 0 fully saturated rings. The number of aliphatic hydroxyl groups excluding tert-OH is 1. The van der Waals surface area contributed by atoms with E-state index in [2.05, 4.69) is 48.5 Å². The highest BCUT2D eigenvalue weighted by Crippen LogP contribution is 2.45. The number of hydrogen-bond acceptors (Lipinski definition) is 15. The molecular formula is C81H158O17P2. The average Bonchev–Trinajstić information content (AvgIpc) is 0.980. The summed E-state index contributed by atoms with van der Waals surface area (Å²) in [4.78, 5) is 73.0. The van der Waals surface area contributed by atoms with Crippen molar-refractivity contribution in [2.45, 2.75) is 439 Å². The van der Waals surface area contributed by atoms with Crippen molar-refractivity contribution in [3.63, 3.8) is 0 Å². The van der Waals surface area contributed by atoms with Gasteiger partial charge in [-0.3, -0.25) is 37.3 Å². The Morgan fingerprint density at radius 3 is 0.760 bits per heavy atom. The second kappa shape index (κ2) is 71.3. The minimum Gasteiger partial charge on any atom is -0.462 e. The summed E-state index contributed by atoms with van der Waals surface area (Å²) in [6.45, 7) is 11.9. The molecule has 3 N–H and O–H groups in total. The van der Waals surface area contributed by atoms with E-state index in [0.29, 0.717) is 25.7 Å². The second-order valence-electron chi connectivity index (χ2n) is 30.4. The number of rotatable bonds is 79. The maximum atomic E-state index is 13.1. The van der Waals surface area contributed by atoms with Crippen molar-refractivity contribution in [2.24, 2.45) is 17.8 Å². The topological polar surface area (TPSA) is 237 Å². The van der Waals surface area contributed by atoms with Crippen LogP contribution in [0.15, 0.2) is 0 Å². The number of aliphatic hydroxyl groups is 1. The molecule has 0 saturated carbocycles. The number of phosphoric ester groups is 2. The van der Waals surface area contributed by atoms with Gasteiger partial charge in [-0.05, 0) is 43.4 Å². The molecule has 594 valence electrons. The molecule has 3 unspecified atom stereocenters. The van der Waals surface area contributed by atoms with Crippen LogP contribution in [0.2, 0.25) is 0 Å². The molecule has 0 bridgehead atoms. The van der Waals surface area contributed by atoms with Crippen LogP contribution < -0.4 is 0 Å². The van der Waals surface area contributed by atoms with Gasteiger partial charge in [0.15, 0.2) is 12.2 Å². The van der Waals surface area contributed by atoms with Gasteiger partial charge in [-0.25, -0.2) is 9.13 Å². The molecule has 17 nitrogen and oxygen atoms in total. The third-order valence-electron chi connectivity index (χ3n) is 19.2. The van der Waals surface area contributed by atoms with E-state index >= 15 is 0 Å². The van der Waals surface area contributed by atoms with E-state index in [1.54, 1.807) is 0 Å². The molecule has 0 aliphatic rings. The predicted molar refractivity (Wildman–Crippen MR) is 409 cm³/mol. The molecule has 0 aromatic carbocycles. The van der Waals surface area contributed by atoms with E-state index in [-0.39, 0.29) is 25.7 Å². The Kier molecular flexibility index (Phi) is 69.9. The van der Waals surface area contributed by atoms with Crippen LogP contribution in [-0.2, 0) is 65.4 Å². The van der Waals surface area contributed by atoms with E-state index in [4.69, 9.17) is 37.0 Å². The van der Waals surface area contributed by atoms with Gasteiger partial charge >= 0.3 is 39.5 Å². The maximum absolute atomic E-state index is 13.1. The van der Waals surface area contributed by atoms with E-state index in [1.807, 2.05) is 0 Å². The number of unbranched alkanes of at least 4 members (excludes halogenated alkanes) is 46. The van der Waals surface area contributed by atoms with E-state index in [0.717, 1.165) is 114 Å². The summed E-state index contributed by atoms with van der Waals surface area (Å²) in [7, 11) is -9.92. The van der Waals surface area contributed by atoms with Crippen LogP contribution >= 0.6 is 15.6 Å². The number of esters is 4. The third-order valence-corrected chi connectivity index (χ3v) is 21.1. The summed E-state index contributed by atoms with van der Waals surface area (Å²) < 4.78 is 68.7. The lowest BCUT2D eigenvalue weighted by Crippen LogP contribution is -2.30. The molecule has 6 atom stereocenters. The van der Waals surface area contributed by atoms with E-state index < -0.39 is 97.5 Å². The van der Waals surface area contributed by atoms with Crippen LogP contribution in [0.5, 0.6) is 0 Å². The first-order valence-corrected chi connectivity index (χ1v) is 44.9. The molecule has 0 radical (unpaired) electrons. The number of carbonyl (C=O) groups is 4. The summed E-state index contributed by atoms with van der Waals surface area (Å²) in [6.07, 6.45) is 59.7. The zero-order valence-electron chi connectivity index (χ0n) is 65.7. The monoisotopic (exact) mass is 1470 g/mol. The lowest BCUT2D eigenvalue weighted by molar-refractivity contribution is -0.161. The molecule has 0 aromatic rings. The fraction of sp³-hybridized carbons (Fsp3) is 0.951. The summed E-state index contributed by atoms with van der Waals surface area (Å²) >= 11 is 0. The van der Waals surface area contributed by atoms with Gasteiger partial charge in [0.25, 0.3) is 0 Å². The quantitative estimate of drug-likeness (QED) is 0.0222. The first kappa shape index (κ1) is 98.1. The van der Waals surface area contributed by atoms with Crippen LogP contribution in [0.25, 0.3) is 0 Å². The lowest BCUT2D eigenvalue weighted by Gasteiger charge is -2.21. The van der Waals surface area contributed by atoms with Gasteiger partial charge < -0.3 is 33.8 Å². The molecule has 100 heavy (non-hydrogen) atoms. The number of hydrogen-bond donors (Lipinski definition) is 3. The molecule has 0 aliphatic carbocycles. The highest BCUT2D eigenvalue weighted by Gasteiger charge is 2.30. The first-order chi connectivity index (χ1) is 48.3. The van der Waals surface area contributed by atoms with Crippen molar-refractivity contribution in [1.82, 2.24) is 0 Å². The van der Waals surface area contributed by atoms with Crippen LogP contribution in [0.3, 0.4) is 0 Å². The third kappa shape index (κ3) is 73.0. The van der Waals surface area contributed by atoms with Gasteiger partial charge in [0, 0.05) is 25.7 Å². The maximum Gasteiger partial charge on any atom is 0.472 e. The molecule has 0 rings (SSSR count). The van der Waals surface area contributed by atoms with Crippen LogP contribution in [0.1, 0.15) is 421 Å². The lowest BCUT2D eigenvalue weighted by atomic mass is 10.00. The normalized spacial score (nSPS) is 14.2. The first-order valence-electron chi connectivity index (χ1n) is 41.9. The highest BCUT2D eigenvalue weighted by atomic mass is 31.2. The summed E-state index contributed by atoms with van der Waals surface area (Å²) in [5, 5.41) is 10.6. The Balaban J connectivity index is 5.25. The zero-order chi connectivity index (χ0) is 73.7. The average molecular weight is 1470 g/mol. The van der Waals surface area contributed by atoms with Gasteiger partial charge in [-0.15, -0.1) is 0 Å². The summed E-state index contributed by atoms with van der Waals surface area (Å²) in [5.74, 6) is 0.199. The van der Waals surface area contributed by atoms with Crippen molar-refractivity contribution in [3.05, 3.63) is 0 Å². The smallest absolute Gasteiger partial charge is 0.462 e. The molecule has 0 heterocycles. The Morgan fingerprint density at radius 2 is 0.510 bits per heavy atom. The van der Waals surface area contributed by atoms with Crippen LogP contribution in [0.4, 0.5) is 0 Å². The fourth-order valence-corrected chi connectivity index (χ4v) is 14.0. The van der Waals surface area contributed by atoms with Gasteiger partial charge in [-0.1, -0.05) is 370 Å². The Bertz CT molecular complexity index is 1940. The van der Waals surface area contributed by atoms with Crippen LogP contribution in [0, 0.1) is 17.8 Å². The predicted octanol–water partition coefficient (Wildman–Crippen LogP) is 24.1. The van der Waals surface area contributed by atoms with E-state index in [1.165, 1.54) is 225 Å². The highest BCUT2D eigenvalue weighted by molar-refractivity contribution is 7.47. The van der Waals surface area contributed by atoms with Crippen molar-refractivity contribution in [2.75, 3.05) is 39.6 Å². The number of carbonyl (C=O) groups excluding carboxylic acids is 4. The summed E-state index contributed by atoms with van der Waals surface area (Å²) in [5.41, 5.74) is 0. The number of phosphoric acid groups is 2.